The lowest BCUT2D eigenvalue weighted by atomic mass is 10.0. The second-order valence-electron chi connectivity index (χ2n) is 4.98. The van der Waals surface area contributed by atoms with Crippen molar-refractivity contribution in [2.24, 2.45) is 5.73 Å². The van der Waals surface area contributed by atoms with Gasteiger partial charge in [0.15, 0.2) is 0 Å². The van der Waals surface area contributed by atoms with Gasteiger partial charge in [-0.3, -0.25) is 4.90 Å². The highest BCUT2D eigenvalue weighted by atomic mass is 16.5. The van der Waals surface area contributed by atoms with E-state index in [-0.39, 0.29) is 5.54 Å². The van der Waals surface area contributed by atoms with E-state index in [1.54, 1.807) is 7.11 Å². The van der Waals surface area contributed by atoms with Crippen LogP contribution in [0.3, 0.4) is 0 Å². The normalized spacial score (nSPS) is 14.9. The predicted molar refractivity (Wildman–Crippen MR) is 72.0 cm³/mol. The molecule has 17 heavy (non-hydrogen) atoms. The number of nitrogens with zero attached hydrogens (tertiary/aromatic N) is 1. The first-order valence-electron chi connectivity index (χ1n) is 5.97. The third-order valence-electron chi connectivity index (χ3n) is 3.36. The van der Waals surface area contributed by atoms with Crippen LogP contribution in [0.1, 0.15) is 18.1 Å². The van der Waals surface area contributed by atoms with E-state index < -0.39 is 0 Å². The first kappa shape index (κ1) is 14.2. The molecular weight excluding hydrogens is 212 g/mol. The SMILES string of the molecule is COCC(C)(CN)N(C)Cc1ccc(C)cc1. The lowest BCUT2D eigenvalue weighted by Crippen LogP contribution is -2.52. The number of hydrogen-bond donors (Lipinski definition) is 1. The van der Waals surface area contributed by atoms with Gasteiger partial charge in [-0.25, -0.2) is 0 Å². The second-order valence-corrected chi connectivity index (χ2v) is 4.98. The smallest absolute Gasteiger partial charge is 0.0656 e. The third-order valence-corrected chi connectivity index (χ3v) is 3.36. The predicted octanol–water partition coefficient (Wildman–Crippen LogP) is 1.79. The van der Waals surface area contributed by atoms with Crippen molar-refractivity contribution in [1.82, 2.24) is 4.90 Å². The molecule has 0 bridgehead atoms. The molecule has 0 radical (unpaired) electrons. The van der Waals surface area contributed by atoms with Gasteiger partial charge in [-0.2, -0.15) is 0 Å². The van der Waals surface area contributed by atoms with Gasteiger partial charge in [0.1, 0.15) is 0 Å². The Kier molecular flexibility index (Phi) is 5.12. The Bertz CT molecular complexity index is 337. The number of likely N-dealkylation sites (N-methyl/N-ethyl adjacent to an activating group) is 1. The molecular formula is C14H24N2O. The van der Waals surface area contributed by atoms with Gasteiger partial charge < -0.3 is 10.5 Å². The molecule has 2 N–H and O–H groups in total. The molecule has 0 aliphatic carbocycles. The fourth-order valence-corrected chi connectivity index (χ4v) is 1.79. The quantitative estimate of drug-likeness (QED) is 0.818. The lowest BCUT2D eigenvalue weighted by molar-refractivity contribution is 0.0391. The van der Waals surface area contributed by atoms with E-state index in [4.69, 9.17) is 10.5 Å². The number of aryl methyl sites for hydroxylation is 1. The van der Waals surface area contributed by atoms with Crippen LogP contribution in [0, 0.1) is 6.92 Å². The molecule has 1 rings (SSSR count). The van der Waals surface area contributed by atoms with E-state index in [9.17, 15) is 0 Å². The minimum atomic E-state index is -0.111. The average Bonchev–Trinajstić information content (AvgIpc) is 2.32. The number of rotatable bonds is 6. The van der Waals surface area contributed by atoms with Crippen LogP contribution in [0.15, 0.2) is 24.3 Å². The number of nitrogens with two attached hydrogens (primary N) is 1. The number of ether oxygens (including phenoxy) is 1. The summed E-state index contributed by atoms with van der Waals surface area (Å²) in [5, 5.41) is 0. The summed E-state index contributed by atoms with van der Waals surface area (Å²) < 4.78 is 5.25. The summed E-state index contributed by atoms with van der Waals surface area (Å²) in [6, 6.07) is 8.60. The van der Waals surface area contributed by atoms with Crippen molar-refractivity contribution in [3.8, 4) is 0 Å². The summed E-state index contributed by atoms with van der Waals surface area (Å²) in [4.78, 5) is 2.25. The molecule has 0 aromatic heterocycles. The Hall–Kier alpha value is -0.900. The number of benzene rings is 1. The molecule has 96 valence electrons. The van der Waals surface area contributed by atoms with Crippen LogP contribution < -0.4 is 5.73 Å². The Morgan fingerprint density at radius 3 is 2.35 bits per heavy atom. The fourth-order valence-electron chi connectivity index (χ4n) is 1.79. The fraction of sp³-hybridized carbons (Fsp3) is 0.571. The van der Waals surface area contributed by atoms with E-state index >= 15 is 0 Å². The van der Waals surface area contributed by atoms with Gasteiger partial charge in [-0.1, -0.05) is 29.8 Å². The molecule has 1 aromatic carbocycles. The van der Waals surface area contributed by atoms with Crippen molar-refractivity contribution in [3.63, 3.8) is 0 Å². The molecule has 0 spiro atoms. The van der Waals surface area contributed by atoms with Gasteiger partial charge in [0.25, 0.3) is 0 Å². The maximum absolute atomic E-state index is 5.85. The third kappa shape index (κ3) is 3.80. The molecule has 0 amide bonds. The van der Waals surface area contributed by atoms with E-state index in [2.05, 4.69) is 50.1 Å². The number of hydrogen-bond acceptors (Lipinski definition) is 3. The summed E-state index contributed by atoms with van der Waals surface area (Å²) in [6.07, 6.45) is 0. The zero-order valence-electron chi connectivity index (χ0n) is 11.4. The molecule has 0 fully saturated rings. The average molecular weight is 236 g/mol. The maximum Gasteiger partial charge on any atom is 0.0656 e. The van der Waals surface area contributed by atoms with Gasteiger partial charge in [0.2, 0.25) is 0 Å². The van der Waals surface area contributed by atoms with Crippen molar-refractivity contribution in [2.75, 3.05) is 27.3 Å². The lowest BCUT2D eigenvalue weighted by Gasteiger charge is -2.37. The van der Waals surface area contributed by atoms with E-state index in [0.717, 1.165) is 6.54 Å². The molecule has 1 unspecified atom stereocenters. The molecule has 3 heteroatoms. The zero-order chi connectivity index (χ0) is 12.9. The van der Waals surface area contributed by atoms with Gasteiger partial charge >= 0.3 is 0 Å². The van der Waals surface area contributed by atoms with Crippen molar-refractivity contribution in [1.29, 1.82) is 0 Å². The monoisotopic (exact) mass is 236 g/mol. The highest BCUT2D eigenvalue weighted by molar-refractivity contribution is 5.21. The van der Waals surface area contributed by atoms with Crippen molar-refractivity contribution in [2.45, 2.75) is 25.9 Å². The molecule has 1 atom stereocenters. The first-order chi connectivity index (χ1) is 8.01. The summed E-state index contributed by atoms with van der Waals surface area (Å²) in [5.74, 6) is 0. The Morgan fingerprint density at radius 1 is 1.29 bits per heavy atom. The first-order valence-corrected chi connectivity index (χ1v) is 5.97. The standard InChI is InChI=1S/C14H24N2O/c1-12-5-7-13(8-6-12)9-16(3)14(2,10-15)11-17-4/h5-8H,9-11,15H2,1-4H3. The largest absolute Gasteiger partial charge is 0.383 e. The van der Waals surface area contributed by atoms with Crippen LogP contribution in [0.25, 0.3) is 0 Å². The van der Waals surface area contributed by atoms with Crippen LogP contribution in [0.2, 0.25) is 0 Å². The van der Waals surface area contributed by atoms with Crippen LogP contribution in [0.5, 0.6) is 0 Å². The van der Waals surface area contributed by atoms with Crippen LogP contribution in [0.4, 0.5) is 0 Å². The van der Waals surface area contributed by atoms with Crippen LogP contribution in [-0.2, 0) is 11.3 Å². The Labute approximate surface area is 105 Å². The number of methoxy groups -OCH3 is 1. The molecule has 0 saturated heterocycles. The van der Waals surface area contributed by atoms with Crippen molar-refractivity contribution < 1.29 is 4.74 Å². The highest BCUT2D eigenvalue weighted by Gasteiger charge is 2.27. The summed E-state index contributed by atoms with van der Waals surface area (Å²) in [5.41, 5.74) is 8.33. The van der Waals surface area contributed by atoms with Gasteiger partial charge in [-0.15, -0.1) is 0 Å². The van der Waals surface area contributed by atoms with Crippen LogP contribution >= 0.6 is 0 Å². The molecule has 1 aromatic rings. The molecule has 0 aliphatic heterocycles. The molecule has 3 nitrogen and oxygen atoms in total. The summed E-state index contributed by atoms with van der Waals surface area (Å²) >= 11 is 0. The highest BCUT2D eigenvalue weighted by Crippen LogP contribution is 2.16. The minimum Gasteiger partial charge on any atom is -0.383 e. The topological polar surface area (TPSA) is 38.5 Å². The molecule has 0 saturated carbocycles. The van der Waals surface area contributed by atoms with Gasteiger partial charge in [0, 0.05) is 20.2 Å². The maximum atomic E-state index is 5.85. The zero-order valence-corrected chi connectivity index (χ0v) is 11.4. The van der Waals surface area contributed by atoms with E-state index in [1.807, 2.05) is 0 Å². The van der Waals surface area contributed by atoms with Gasteiger partial charge in [0.05, 0.1) is 12.1 Å². The molecule has 0 heterocycles. The second kappa shape index (κ2) is 6.15. The van der Waals surface area contributed by atoms with E-state index in [0.29, 0.717) is 13.2 Å². The van der Waals surface area contributed by atoms with Crippen molar-refractivity contribution >= 4 is 0 Å². The van der Waals surface area contributed by atoms with Crippen LogP contribution in [-0.4, -0.2) is 37.7 Å². The van der Waals surface area contributed by atoms with Gasteiger partial charge in [-0.05, 0) is 26.5 Å². The Balaban J connectivity index is 2.69. The molecule has 0 aliphatic rings. The minimum absolute atomic E-state index is 0.111. The van der Waals surface area contributed by atoms with E-state index in [1.165, 1.54) is 11.1 Å². The Morgan fingerprint density at radius 2 is 1.88 bits per heavy atom. The van der Waals surface area contributed by atoms with Crippen molar-refractivity contribution in [3.05, 3.63) is 35.4 Å². The summed E-state index contributed by atoms with van der Waals surface area (Å²) in [7, 11) is 3.80. The summed E-state index contributed by atoms with van der Waals surface area (Å²) in [6.45, 7) is 6.35.